The van der Waals surface area contributed by atoms with E-state index in [0.29, 0.717) is 13.2 Å². The Labute approximate surface area is 102 Å². The van der Waals surface area contributed by atoms with E-state index in [1.807, 2.05) is 0 Å². The van der Waals surface area contributed by atoms with Gasteiger partial charge in [-0.05, 0) is 18.3 Å². The van der Waals surface area contributed by atoms with Crippen LogP contribution >= 0.6 is 0 Å². The molecule has 0 aromatic carbocycles. The van der Waals surface area contributed by atoms with Crippen LogP contribution in [0.15, 0.2) is 0 Å². The van der Waals surface area contributed by atoms with E-state index in [1.165, 1.54) is 0 Å². The maximum atomic E-state index is 12.0. The van der Waals surface area contributed by atoms with Crippen LogP contribution in [-0.2, 0) is 14.3 Å². The molecule has 1 aliphatic rings. The van der Waals surface area contributed by atoms with Crippen molar-refractivity contribution in [3.8, 4) is 0 Å². The Morgan fingerprint density at radius 2 is 2.06 bits per heavy atom. The van der Waals surface area contributed by atoms with Gasteiger partial charge in [0.25, 0.3) is 0 Å². The van der Waals surface area contributed by atoms with E-state index in [9.17, 15) is 9.59 Å². The van der Waals surface area contributed by atoms with Gasteiger partial charge in [-0.2, -0.15) is 0 Å². The minimum atomic E-state index is -1.08. The average Bonchev–Trinajstić information content (AvgIpc) is 2.15. The second-order valence-electron chi connectivity index (χ2n) is 5.56. The molecule has 0 saturated carbocycles. The molecule has 2 N–H and O–H groups in total. The van der Waals surface area contributed by atoms with Crippen LogP contribution in [0.3, 0.4) is 0 Å². The molecule has 0 aromatic rings. The van der Waals surface area contributed by atoms with Gasteiger partial charge in [-0.15, -0.1) is 0 Å². The number of carbonyl (C=O) groups is 2. The normalized spacial score (nSPS) is 22.9. The molecule has 1 fully saturated rings. The molecule has 0 radical (unpaired) electrons. The number of hydrogen-bond donors (Lipinski definition) is 2. The van der Waals surface area contributed by atoms with E-state index in [1.54, 1.807) is 20.8 Å². The highest BCUT2D eigenvalue weighted by atomic mass is 16.5. The van der Waals surface area contributed by atoms with E-state index < -0.39 is 23.2 Å². The molecule has 0 aromatic heterocycles. The summed E-state index contributed by atoms with van der Waals surface area (Å²) in [6, 6.07) is -0.0551. The maximum absolute atomic E-state index is 12.0. The molecule has 0 bridgehead atoms. The van der Waals surface area contributed by atoms with Gasteiger partial charge >= 0.3 is 5.97 Å². The minimum Gasteiger partial charge on any atom is -0.481 e. The zero-order valence-corrected chi connectivity index (χ0v) is 10.7. The van der Waals surface area contributed by atoms with Crippen LogP contribution in [0.2, 0.25) is 0 Å². The van der Waals surface area contributed by atoms with Gasteiger partial charge in [0.15, 0.2) is 0 Å². The third-order valence-corrected chi connectivity index (χ3v) is 2.88. The fraction of sp³-hybridized carbons (Fsp3) is 0.833. The van der Waals surface area contributed by atoms with Gasteiger partial charge in [-0.1, -0.05) is 20.8 Å². The predicted molar refractivity (Wildman–Crippen MR) is 62.6 cm³/mol. The van der Waals surface area contributed by atoms with Gasteiger partial charge in [0.05, 0.1) is 12.6 Å². The summed E-state index contributed by atoms with van der Waals surface area (Å²) in [6.45, 7) is 6.45. The van der Waals surface area contributed by atoms with Crippen LogP contribution in [-0.4, -0.2) is 36.2 Å². The van der Waals surface area contributed by atoms with Crippen molar-refractivity contribution in [2.24, 2.45) is 11.3 Å². The Kier molecular flexibility index (Phi) is 4.51. The van der Waals surface area contributed by atoms with Gasteiger partial charge in [0.2, 0.25) is 5.91 Å². The van der Waals surface area contributed by atoms with Crippen LogP contribution in [0, 0.1) is 11.3 Å². The van der Waals surface area contributed by atoms with Crippen LogP contribution in [0.5, 0.6) is 0 Å². The van der Waals surface area contributed by atoms with E-state index in [-0.39, 0.29) is 6.04 Å². The van der Waals surface area contributed by atoms with E-state index >= 15 is 0 Å². The lowest BCUT2D eigenvalue weighted by Gasteiger charge is -2.29. The largest absolute Gasteiger partial charge is 0.481 e. The first kappa shape index (κ1) is 14.0. The van der Waals surface area contributed by atoms with Crippen molar-refractivity contribution in [1.82, 2.24) is 5.32 Å². The lowest BCUT2D eigenvalue weighted by molar-refractivity contribution is -0.152. The number of aliphatic carboxylic acids is 1. The van der Waals surface area contributed by atoms with Gasteiger partial charge < -0.3 is 15.2 Å². The zero-order chi connectivity index (χ0) is 13.1. The minimum absolute atomic E-state index is 0.0551. The van der Waals surface area contributed by atoms with E-state index in [2.05, 4.69) is 5.32 Å². The molecule has 1 amide bonds. The highest BCUT2D eigenvalue weighted by molar-refractivity contribution is 5.97. The summed E-state index contributed by atoms with van der Waals surface area (Å²) in [5.41, 5.74) is -0.592. The number of amides is 1. The van der Waals surface area contributed by atoms with E-state index in [4.69, 9.17) is 9.84 Å². The number of carboxylic acid groups (broad SMARTS) is 1. The van der Waals surface area contributed by atoms with Crippen molar-refractivity contribution >= 4 is 11.9 Å². The fourth-order valence-electron chi connectivity index (χ4n) is 2.01. The molecule has 0 spiro atoms. The van der Waals surface area contributed by atoms with Gasteiger partial charge in [-0.3, -0.25) is 9.59 Å². The summed E-state index contributed by atoms with van der Waals surface area (Å²) in [4.78, 5) is 23.1. The summed E-state index contributed by atoms with van der Waals surface area (Å²) >= 11 is 0. The second kappa shape index (κ2) is 5.49. The molecule has 17 heavy (non-hydrogen) atoms. The fourth-order valence-corrected chi connectivity index (χ4v) is 2.01. The quantitative estimate of drug-likeness (QED) is 0.726. The molecule has 1 saturated heterocycles. The van der Waals surface area contributed by atoms with Crippen molar-refractivity contribution in [1.29, 1.82) is 0 Å². The second-order valence-corrected chi connectivity index (χ2v) is 5.56. The number of nitrogens with one attached hydrogen (secondary N) is 1. The van der Waals surface area contributed by atoms with Crippen molar-refractivity contribution in [3.63, 3.8) is 0 Å². The molecule has 1 heterocycles. The number of carbonyl (C=O) groups excluding carboxylic acids is 1. The molecule has 5 heteroatoms. The van der Waals surface area contributed by atoms with Crippen molar-refractivity contribution in [3.05, 3.63) is 0 Å². The lowest BCUT2D eigenvalue weighted by atomic mass is 9.80. The molecule has 0 aliphatic carbocycles. The third kappa shape index (κ3) is 4.00. The number of carboxylic acids is 1. The zero-order valence-electron chi connectivity index (χ0n) is 10.7. The molecule has 2 atom stereocenters. The first-order chi connectivity index (χ1) is 7.82. The Bertz CT molecular complexity index is 289. The summed E-state index contributed by atoms with van der Waals surface area (Å²) in [5.74, 6) is -2.52. The molecular formula is C12H21NO4. The van der Waals surface area contributed by atoms with Gasteiger partial charge in [0.1, 0.15) is 5.92 Å². The Morgan fingerprint density at radius 1 is 1.41 bits per heavy atom. The summed E-state index contributed by atoms with van der Waals surface area (Å²) in [7, 11) is 0. The molecule has 98 valence electrons. The Balaban J connectivity index is 2.62. The van der Waals surface area contributed by atoms with Crippen molar-refractivity contribution in [2.45, 2.75) is 39.7 Å². The first-order valence-corrected chi connectivity index (χ1v) is 5.93. The number of ether oxygens (including phenoxy) is 1. The summed E-state index contributed by atoms with van der Waals surface area (Å²) in [6.07, 6.45) is 1.75. The van der Waals surface area contributed by atoms with Gasteiger partial charge in [0, 0.05) is 6.61 Å². The van der Waals surface area contributed by atoms with Crippen LogP contribution in [0.1, 0.15) is 33.6 Å². The smallest absolute Gasteiger partial charge is 0.316 e. The standard InChI is InChI=1S/C12H21NO4/c1-12(2,3)9(11(15)16)10(14)13-8-5-4-6-17-7-8/h8-9H,4-7H2,1-3H3,(H,13,14)(H,15,16). The topological polar surface area (TPSA) is 75.6 Å². The highest BCUT2D eigenvalue weighted by Gasteiger charge is 2.38. The third-order valence-electron chi connectivity index (χ3n) is 2.88. The number of hydrogen-bond acceptors (Lipinski definition) is 3. The SMILES string of the molecule is CC(C)(C)C(C(=O)O)C(=O)NC1CCCOC1. The molecule has 1 rings (SSSR count). The monoisotopic (exact) mass is 243 g/mol. The van der Waals surface area contributed by atoms with Crippen molar-refractivity contribution in [2.75, 3.05) is 13.2 Å². The van der Waals surface area contributed by atoms with Gasteiger partial charge in [-0.25, -0.2) is 0 Å². The van der Waals surface area contributed by atoms with Crippen LogP contribution < -0.4 is 5.32 Å². The van der Waals surface area contributed by atoms with E-state index in [0.717, 1.165) is 12.8 Å². The average molecular weight is 243 g/mol. The predicted octanol–water partition coefficient (Wildman–Crippen LogP) is 1.03. The van der Waals surface area contributed by atoms with Crippen LogP contribution in [0.25, 0.3) is 0 Å². The molecular weight excluding hydrogens is 222 g/mol. The Morgan fingerprint density at radius 3 is 2.47 bits per heavy atom. The molecule has 1 aliphatic heterocycles. The summed E-state index contributed by atoms with van der Waals surface area (Å²) in [5, 5.41) is 11.9. The lowest BCUT2D eigenvalue weighted by Crippen LogP contribution is -2.48. The summed E-state index contributed by atoms with van der Waals surface area (Å²) < 4.78 is 5.25. The van der Waals surface area contributed by atoms with Crippen LogP contribution in [0.4, 0.5) is 0 Å². The Hall–Kier alpha value is -1.10. The number of rotatable bonds is 3. The maximum Gasteiger partial charge on any atom is 0.316 e. The van der Waals surface area contributed by atoms with Crippen molar-refractivity contribution < 1.29 is 19.4 Å². The first-order valence-electron chi connectivity index (χ1n) is 5.93. The molecule has 2 unspecified atom stereocenters. The molecule has 5 nitrogen and oxygen atoms in total. The highest BCUT2D eigenvalue weighted by Crippen LogP contribution is 2.26.